The van der Waals surface area contributed by atoms with E-state index in [2.05, 4.69) is 0 Å². The van der Waals surface area contributed by atoms with Gasteiger partial charge in [0.15, 0.2) is 5.43 Å². The largest absolute Gasteiger partial charge is 0.488 e. The van der Waals surface area contributed by atoms with Crippen LogP contribution in [0.15, 0.2) is 47.5 Å². The predicted molar refractivity (Wildman–Crippen MR) is 72.2 cm³/mol. The highest BCUT2D eigenvalue weighted by molar-refractivity contribution is 5.86. The average molecular weight is 271 g/mol. The van der Waals surface area contributed by atoms with Gasteiger partial charge in [-0.3, -0.25) is 4.79 Å². The molecule has 2 heterocycles. The number of aromatic carboxylic acids is 1. The molecule has 0 saturated heterocycles. The van der Waals surface area contributed by atoms with Gasteiger partial charge in [-0.05, 0) is 11.6 Å². The van der Waals surface area contributed by atoms with Crippen LogP contribution in [0.2, 0.25) is 0 Å². The zero-order valence-corrected chi connectivity index (χ0v) is 10.7. The molecule has 0 saturated carbocycles. The van der Waals surface area contributed by atoms with Gasteiger partial charge in [0.25, 0.3) is 0 Å². The maximum Gasteiger partial charge on any atom is 0.341 e. The van der Waals surface area contributed by atoms with Crippen molar-refractivity contribution in [2.45, 2.75) is 19.1 Å². The van der Waals surface area contributed by atoms with Crippen LogP contribution in [0.4, 0.5) is 0 Å². The van der Waals surface area contributed by atoms with E-state index >= 15 is 0 Å². The highest BCUT2D eigenvalue weighted by Gasteiger charge is 2.22. The third-order valence-electron chi connectivity index (χ3n) is 3.34. The molecule has 1 N–H and O–H groups in total. The Hall–Kier alpha value is -2.56. The molecule has 1 aromatic carbocycles. The van der Waals surface area contributed by atoms with Crippen LogP contribution in [0.3, 0.4) is 0 Å². The molecular formula is C15H13NO4. The lowest BCUT2D eigenvalue weighted by Crippen LogP contribution is -2.23. The van der Waals surface area contributed by atoms with Crippen molar-refractivity contribution in [3.05, 3.63) is 64.1 Å². The number of hydrogen-bond donors (Lipinski definition) is 1. The Kier molecular flexibility index (Phi) is 3.02. The number of aromatic nitrogens is 1. The Morgan fingerprint density at radius 3 is 2.90 bits per heavy atom. The number of nitrogens with zero attached hydrogens (tertiary/aromatic N) is 1. The summed E-state index contributed by atoms with van der Waals surface area (Å²) in [5.41, 5.74) is 0.449. The minimum atomic E-state index is -1.21. The standard InChI is InChI=1S/C15H13NO4/c17-13-5-6-16(9-12(13)15(18)19)8-11-7-10-3-1-2-4-14(10)20-11/h1-6,9,11H,7-8H2,(H,18,19). The molecule has 0 spiro atoms. The number of para-hydroxylation sites is 1. The first kappa shape index (κ1) is 12.5. The molecular weight excluding hydrogens is 258 g/mol. The van der Waals surface area contributed by atoms with E-state index in [1.54, 1.807) is 10.8 Å². The first-order valence-corrected chi connectivity index (χ1v) is 6.31. The van der Waals surface area contributed by atoms with Crippen LogP contribution >= 0.6 is 0 Å². The summed E-state index contributed by atoms with van der Waals surface area (Å²) in [5, 5.41) is 8.95. The molecule has 3 rings (SSSR count). The van der Waals surface area contributed by atoms with E-state index < -0.39 is 11.4 Å². The van der Waals surface area contributed by atoms with Crippen molar-refractivity contribution in [2.24, 2.45) is 0 Å². The van der Waals surface area contributed by atoms with Crippen molar-refractivity contribution in [1.29, 1.82) is 0 Å². The fourth-order valence-corrected chi connectivity index (χ4v) is 2.39. The van der Waals surface area contributed by atoms with E-state index in [1.807, 2.05) is 24.3 Å². The maximum atomic E-state index is 11.4. The molecule has 2 aromatic rings. The molecule has 1 atom stereocenters. The molecule has 0 amide bonds. The summed E-state index contributed by atoms with van der Waals surface area (Å²) in [6.07, 6.45) is 3.68. The van der Waals surface area contributed by atoms with Crippen LogP contribution in [0.1, 0.15) is 15.9 Å². The van der Waals surface area contributed by atoms with Gasteiger partial charge < -0.3 is 14.4 Å². The van der Waals surface area contributed by atoms with Crippen LogP contribution in [0, 0.1) is 0 Å². The van der Waals surface area contributed by atoms with E-state index in [9.17, 15) is 9.59 Å². The molecule has 20 heavy (non-hydrogen) atoms. The van der Waals surface area contributed by atoms with Crippen LogP contribution in [0.25, 0.3) is 0 Å². The van der Waals surface area contributed by atoms with Crippen LogP contribution in [-0.2, 0) is 13.0 Å². The zero-order chi connectivity index (χ0) is 14.1. The number of benzene rings is 1. The second kappa shape index (κ2) is 4.85. The Morgan fingerprint density at radius 2 is 2.15 bits per heavy atom. The van der Waals surface area contributed by atoms with Gasteiger partial charge in [-0.25, -0.2) is 4.79 Å². The van der Waals surface area contributed by atoms with E-state index in [0.717, 1.165) is 17.7 Å². The smallest absolute Gasteiger partial charge is 0.341 e. The van der Waals surface area contributed by atoms with Crippen LogP contribution in [-0.4, -0.2) is 21.7 Å². The summed E-state index contributed by atoms with van der Waals surface area (Å²) in [7, 11) is 0. The van der Waals surface area contributed by atoms with Crippen molar-refractivity contribution in [3.8, 4) is 5.75 Å². The SMILES string of the molecule is O=C(O)c1cn(CC2Cc3ccccc3O2)ccc1=O. The molecule has 1 unspecified atom stereocenters. The summed E-state index contributed by atoms with van der Waals surface area (Å²) < 4.78 is 7.48. The summed E-state index contributed by atoms with van der Waals surface area (Å²) in [5.74, 6) is -0.336. The molecule has 5 heteroatoms. The highest BCUT2D eigenvalue weighted by Crippen LogP contribution is 2.28. The van der Waals surface area contributed by atoms with E-state index in [4.69, 9.17) is 9.84 Å². The number of fused-ring (bicyclic) bond motifs is 1. The number of rotatable bonds is 3. The molecule has 0 radical (unpaired) electrons. The third kappa shape index (κ3) is 2.30. The second-order valence-electron chi connectivity index (χ2n) is 4.78. The van der Waals surface area contributed by atoms with Gasteiger partial charge in [-0.1, -0.05) is 18.2 Å². The summed E-state index contributed by atoms with van der Waals surface area (Å²) in [4.78, 5) is 22.3. The molecule has 5 nitrogen and oxygen atoms in total. The molecule has 0 bridgehead atoms. The quantitative estimate of drug-likeness (QED) is 0.919. The minimum Gasteiger partial charge on any atom is -0.488 e. The summed E-state index contributed by atoms with van der Waals surface area (Å²) in [6, 6.07) is 9.09. The Labute approximate surface area is 115 Å². The lowest BCUT2D eigenvalue weighted by Gasteiger charge is -2.13. The monoisotopic (exact) mass is 271 g/mol. The van der Waals surface area contributed by atoms with Gasteiger partial charge in [0, 0.05) is 24.9 Å². The third-order valence-corrected chi connectivity index (χ3v) is 3.34. The van der Waals surface area contributed by atoms with Gasteiger partial charge in [0.05, 0.1) is 6.54 Å². The second-order valence-corrected chi connectivity index (χ2v) is 4.78. The summed E-state index contributed by atoms with van der Waals surface area (Å²) in [6.45, 7) is 0.509. The molecule has 0 fully saturated rings. The fourth-order valence-electron chi connectivity index (χ4n) is 2.39. The number of carbonyl (C=O) groups is 1. The van der Waals surface area contributed by atoms with Crippen molar-refractivity contribution >= 4 is 5.97 Å². The molecule has 1 aliphatic heterocycles. The van der Waals surface area contributed by atoms with Crippen molar-refractivity contribution in [3.63, 3.8) is 0 Å². The maximum absolute atomic E-state index is 11.4. The first-order chi connectivity index (χ1) is 9.63. The Bertz CT molecular complexity index is 695. The van der Waals surface area contributed by atoms with E-state index in [0.29, 0.717) is 6.54 Å². The van der Waals surface area contributed by atoms with E-state index in [-0.39, 0.29) is 11.7 Å². The Balaban J connectivity index is 1.79. The van der Waals surface area contributed by atoms with Crippen LogP contribution < -0.4 is 10.2 Å². The zero-order valence-electron chi connectivity index (χ0n) is 10.7. The molecule has 102 valence electrons. The first-order valence-electron chi connectivity index (χ1n) is 6.31. The lowest BCUT2D eigenvalue weighted by atomic mass is 10.1. The van der Waals surface area contributed by atoms with Crippen molar-refractivity contribution < 1.29 is 14.6 Å². The number of pyridine rings is 1. The minimum absolute atomic E-state index is 0.0449. The van der Waals surface area contributed by atoms with Crippen molar-refractivity contribution in [1.82, 2.24) is 4.57 Å². The van der Waals surface area contributed by atoms with E-state index in [1.165, 1.54) is 12.3 Å². The van der Waals surface area contributed by atoms with Gasteiger partial charge in [0.2, 0.25) is 0 Å². The molecule has 1 aromatic heterocycles. The molecule has 0 aliphatic carbocycles. The lowest BCUT2D eigenvalue weighted by molar-refractivity contribution is 0.0694. The van der Waals surface area contributed by atoms with Crippen LogP contribution in [0.5, 0.6) is 5.75 Å². The average Bonchev–Trinajstić information content (AvgIpc) is 2.82. The molecule has 1 aliphatic rings. The van der Waals surface area contributed by atoms with Gasteiger partial charge >= 0.3 is 5.97 Å². The normalized spacial score (nSPS) is 16.5. The van der Waals surface area contributed by atoms with Gasteiger partial charge in [-0.15, -0.1) is 0 Å². The number of carboxylic acids is 1. The summed E-state index contributed by atoms with van der Waals surface area (Å²) >= 11 is 0. The Morgan fingerprint density at radius 1 is 1.35 bits per heavy atom. The predicted octanol–water partition coefficient (Wildman–Crippen LogP) is 1.55. The topological polar surface area (TPSA) is 68.5 Å². The number of hydrogen-bond acceptors (Lipinski definition) is 3. The fraction of sp³-hybridized carbons (Fsp3) is 0.200. The van der Waals surface area contributed by atoms with Crippen molar-refractivity contribution in [2.75, 3.05) is 0 Å². The highest BCUT2D eigenvalue weighted by atomic mass is 16.5. The number of carboxylic acid groups (broad SMARTS) is 1. The van der Waals surface area contributed by atoms with Gasteiger partial charge in [-0.2, -0.15) is 0 Å². The van der Waals surface area contributed by atoms with Gasteiger partial charge in [0.1, 0.15) is 17.4 Å². The number of ether oxygens (including phenoxy) is 1.